The molecule has 1 aromatic rings. The van der Waals surface area contributed by atoms with Gasteiger partial charge in [0.2, 0.25) is 5.91 Å². The molecule has 1 heterocycles. The molecule has 1 atom stereocenters. The average molecular weight is 300 g/mol. The summed E-state index contributed by atoms with van der Waals surface area (Å²) in [7, 11) is 0. The molecule has 102 valence electrons. The van der Waals surface area contributed by atoms with Crippen LogP contribution in [0.2, 0.25) is 10.0 Å². The van der Waals surface area contributed by atoms with E-state index >= 15 is 0 Å². The van der Waals surface area contributed by atoms with Crippen LogP contribution < -0.4 is 0 Å². The summed E-state index contributed by atoms with van der Waals surface area (Å²) < 4.78 is 0. The van der Waals surface area contributed by atoms with E-state index in [0.717, 1.165) is 12.8 Å². The van der Waals surface area contributed by atoms with E-state index in [1.165, 1.54) is 6.08 Å². The quantitative estimate of drug-likeness (QED) is 0.872. The molecule has 0 bridgehead atoms. The van der Waals surface area contributed by atoms with Crippen LogP contribution in [-0.4, -0.2) is 35.1 Å². The largest absolute Gasteiger partial charge is 0.394 e. The Balaban J connectivity index is 2.09. The van der Waals surface area contributed by atoms with Gasteiger partial charge in [0, 0.05) is 22.7 Å². The van der Waals surface area contributed by atoms with Crippen molar-refractivity contribution in [2.45, 2.75) is 18.9 Å². The molecular formula is C14H15Cl2NO2. The van der Waals surface area contributed by atoms with Crippen molar-refractivity contribution in [1.29, 1.82) is 0 Å². The highest BCUT2D eigenvalue weighted by Crippen LogP contribution is 2.22. The molecule has 0 spiro atoms. The van der Waals surface area contributed by atoms with Crippen LogP contribution in [0.5, 0.6) is 0 Å². The number of hydrogen-bond acceptors (Lipinski definition) is 2. The van der Waals surface area contributed by atoms with E-state index in [4.69, 9.17) is 23.2 Å². The minimum atomic E-state index is -0.104. The summed E-state index contributed by atoms with van der Waals surface area (Å²) in [6.07, 6.45) is 4.92. The van der Waals surface area contributed by atoms with Crippen LogP contribution in [0.15, 0.2) is 24.3 Å². The second kappa shape index (κ2) is 6.42. The zero-order valence-electron chi connectivity index (χ0n) is 10.4. The molecular weight excluding hydrogens is 285 g/mol. The Hall–Kier alpha value is -1.03. The monoisotopic (exact) mass is 299 g/mol. The maximum Gasteiger partial charge on any atom is 0.246 e. The zero-order valence-corrected chi connectivity index (χ0v) is 11.9. The molecule has 1 fully saturated rings. The third kappa shape index (κ3) is 3.50. The fourth-order valence-corrected chi connectivity index (χ4v) is 2.58. The molecule has 2 rings (SSSR count). The zero-order chi connectivity index (χ0) is 13.8. The molecule has 1 aliphatic rings. The topological polar surface area (TPSA) is 40.5 Å². The van der Waals surface area contributed by atoms with Crippen molar-refractivity contribution >= 4 is 35.2 Å². The number of nitrogens with zero attached hydrogens (tertiary/aromatic N) is 1. The Labute approximate surface area is 122 Å². The van der Waals surface area contributed by atoms with Gasteiger partial charge in [-0.05, 0) is 42.7 Å². The van der Waals surface area contributed by atoms with Crippen molar-refractivity contribution in [3.63, 3.8) is 0 Å². The first-order valence-corrected chi connectivity index (χ1v) is 6.92. The van der Waals surface area contributed by atoms with Gasteiger partial charge in [0.1, 0.15) is 0 Å². The lowest BCUT2D eigenvalue weighted by molar-refractivity contribution is -0.127. The summed E-state index contributed by atoms with van der Waals surface area (Å²) in [6.45, 7) is 0.704. The Morgan fingerprint density at radius 1 is 1.47 bits per heavy atom. The first-order valence-electron chi connectivity index (χ1n) is 6.16. The predicted molar refractivity (Wildman–Crippen MR) is 77.3 cm³/mol. The Morgan fingerprint density at radius 2 is 2.26 bits per heavy atom. The van der Waals surface area contributed by atoms with Crippen molar-refractivity contribution in [3.05, 3.63) is 39.9 Å². The van der Waals surface area contributed by atoms with Gasteiger partial charge in [-0.25, -0.2) is 0 Å². The lowest BCUT2D eigenvalue weighted by Gasteiger charge is -2.21. The second-order valence-corrected chi connectivity index (χ2v) is 5.35. The Kier molecular flexibility index (Phi) is 4.86. The molecule has 1 aromatic carbocycles. The number of carbonyl (C=O) groups excluding carboxylic acids is 1. The van der Waals surface area contributed by atoms with Gasteiger partial charge in [0.25, 0.3) is 0 Å². The van der Waals surface area contributed by atoms with Crippen LogP contribution in [-0.2, 0) is 4.79 Å². The first-order chi connectivity index (χ1) is 9.11. The minimum Gasteiger partial charge on any atom is -0.394 e. The van der Waals surface area contributed by atoms with Crippen molar-refractivity contribution in [2.75, 3.05) is 13.2 Å². The smallest absolute Gasteiger partial charge is 0.246 e. The second-order valence-electron chi connectivity index (χ2n) is 4.51. The third-order valence-corrected chi connectivity index (χ3v) is 3.81. The number of benzene rings is 1. The molecule has 19 heavy (non-hydrogen) atoms. The summed E-state index contributed by atoms with van der Waals surface area (Å²) >= 11 is 11.9. The van der Waals surface area contributed by atoms with Gasteiger partial charge in [-0.1, -0.05) is 23.2 Å². The van der Waals surface area contributed by atoms with Gasteiger partial charge >= 0.3 is 0 Å². The summed E-state index contributed by atoms with van der Waals surface area (Å²) in [5.41, 5.74) is 0.710. The normalized spacial score (nSPS) is 19.3. The highest BCUT2D eigenvalue weighted by atomic mass is 35.5. The molecule has 0 aliphatic carbocycles. The summed E-state index contributed by atoms with van der Waals surface area (Å²) in [6, 6.07) is 5.04. The molecule has 0 aromatic heterocycles. The molecule has 3 nitrogen and oxygen atoms in total. The lowest BCUT2D eigenvalue weighted by atomic mass is 10.2. The maximum atomic E-state index is 12.0. The van der Waals surface area contributed by atoms with Gasteiger partial charge in [0.05, 0.1) is 12.6 Å². The van der Waals surface area contributed by atoms with E-state index in [2.05, 4.69) is 0 Å². The van der Waals surface area contributed by atoms with E-state index in [0.29, 0.717) is 22.2 Å². The predicted octanol–water partition coefficient (Wildman–Crippen LogP) is 2.99. The minimum absolute atomic E-state index is 0.0114. The van der Waals surface area contributed by atoms with Crippen LogP contribution in [0.4, 0.5) is 0 Å². The van der Waals surface area contributed by atoms with E-state index in [1.54, 1.807) is 29.2 Å². The Morgan fingerprint density at radius 3 is 3.00 bits per heavy atom. The average Bonchev–Trinajstić information content (AvgIpc) is 2.88. The summed E-state index contributed by atoms with van der Waals surface area (Å²) in [5.74, 6) is -0.104. The molecule has 5 heteroatoms. The molecule has 0 radical (unpaired) electrons. The number of likely N-dealkylation sites (tertiary alicyclic amines) is 1. The highest BCUT2D eigenvalue weighted by molar-refractivity contribution is 6.34. The SMILES string of the molecule is O=C(C=Cc1cc(Cl)ccc1Cl)N1CCC[C@@H]1CO. The molecule has 1 aliphatic heterocycles. The number of amides is 1. The van der Waals surface area contributed by atoms with Crippen LogP contribution in [0.25, 0.3) is 6.08 Å². The van der Waals surface area contributed by atoms with Gasteiger partial charge in [-0.15, -0.1) is 0 Å². The van der Waals surface area contributed by atoms with Crippen molar-refractivity contribution in [2.24, 2.45) is 0 Å². The lowest BCUT2D eigenvalue weighted by Crippen LogP contribution is -2.36. The van der Waals surface area contributed by atoms with Crippen molar-refractivity contribution in [1.82, 2.24) is 4.90 Å². The van der Waals surface area contributed by atoms with E-state index in [-0.39, 0.29) is 18.6 Å². The number of halogens is 2. The third-order valence-electron chi connectivity index (χ3n) is 3.23. The number of aliphatic hydroxyl groups excluding tert-OH is 1. The van der Waals surface area contributed by atoms with Gasteiger partial charge in [-0.3, -0.25) is 4.79 Å². The molecule has 0 unspecified atom stereocenters. The number of carbonyl (C=O) groups is 1. The molecule has 1 amide bonds. The van der Waals surface area contributed by atoms with E-state index in [9.17, 15) is 9.90 Å². The van der Waals surface area contributed by atoms with Crippen LogP contribution in [0.1, 0.15) is 18.4 Å². The maximum absolute atomic E-state index is 12.0. The molecule has 0 saturated carbocycles. The van der Waals surface area contributed by atoms with Gasteiger partial charge in [-0.2, -0.15) is 0 Å². The standard InChI is InChI=1S/C14H15Cl2NO2/c15-11-4-5-13(16)10(8-11)3-6-14(19)17-7-1-2-12(17)9-18/h3-6,8,12,18H,1-2,7,9H2/t12-/m1/s1. The fraction of sp³-hybridized carbons (Fsp3) is 0.357. The van der Waals surface area contributed by atoms with Gasteiger partial charge < -0.3 is 10.0 Å². The number of aliphatic hydroxyl groups is 1. The Bertz CT molecular complexity index is 502. The van der Waals surface area contributed by atoms with Crippen LogP contribution >= 0.6 is 23.2 Å². The van der Waals surface area contributed by atoms with Crippen LogP contribution in [0, 0.1) is 0 Å². The van der Waals surface area contributed by atoms with Crippen molar-refractivity contribution < 1.29 is 9.90 Å². The van der Waals surface area contributed by atoms with E-state index in [1.807, 2.05) is 0 Å². The van der Waals surface area contributed by atoms with Gasteiger partial charge in [0.15, 0.2) is 0 Å². The molecule has 1 saturated heterocycles. The highest BCUT2D eigenvalue weighted by Gasteiger charge is 2.26. The molecule has 1 N–H and O–H groups in total. The number of hydrogen-bond donors (Lipinski definition) is 1. The van der Waals surface area contributed by atoms with Crippen molar-refractivity contribution in [3.8, 4) is 0 Å². The van der Waals surface area contributed by atoms with Crippen LogP contribution in [0.3, 0.4) is 0 Å². The fourth-order valence-electron chi connectivity index (χ4n) is 2.21. The summed E-state index contributed by atoms with van der Waals surface area (Å²) in [4.78, 5) is 13.7. The first kappa shape index (κ1) is 14.4. The van der Waals surface area contributed by atoms with E-state index < -0.39 is 0 Å². The summed E-state index contributed by atoms with van der Waals surface area (Å²) in [5, 5.41) is 10.3. The number of rotatable bonds is 3.